The fraction of sp³-hybridized carbons (Fsp3) is 0.450. The lowest BCUT2D eigenvalue weighted by atomic mass is 10.1. The molecule has 0 saturated carbocycles. The first-order valence-corrected chi connectivity index (χ1v) is 9.52. The summed E-state index contributed by atoms with van der Waals surface area (Å²) in [5.41, 5.74) is 0.0166. The Morgan fingerprint density at radius 1 is 1.14 bits per heavy atom. The Hall–Kier alpha value is -2.78. The van der Waals surface area contributed by atoms with Gasteiger partial charge in [-0.15, -0.1) is 0 Å². The highest BCUT2D eigenvalue weighted by Gasteiger charge is 2.21. The zero-order chi connectivity index (χ0) is 21.1. The summed E-state index contributed by atoms with van der Waals surface area (Å²) in [4.78, 5) is 30.7. The normalized spacial score (nSPS) is 12.6. The maximum atomic E-state index is 13.2. The van der Waals surface area contributed by atoms with Crippen LogP contribution in [0.15, 0.2) is 33.9 Å². The predicted octanol–water partition coefficient (Wildman–Crippen LogP) is 1.60. The number of aliphatic hydroxyl groups excluding tert-OH is 1. The Bertz CT molecular complexity index is 1110. The monoisotopic (exact) mass is 404 g/mol. The first-order chi connectivity index (χ1) is 13.9. The number of aryl methyl sites for hydroxylation is 2. The third kappa shape index (κ3) is 4.01. The van der Waals surface area contributed by atoms with Crippen molar-refractivity contribution in [3.8, 4) is 0 Å². The average molecular weight is 404 g/mol. The standard InChI is InChI=1S/C20H25FN4O4/c1-4-9-24-18-17(23(10-11-29-3)13(2)22-18)19(27)25(20(24)28)12-16(26)14-5-7-15(21)8-6-14/h5-8,16,26H,4,9-12H2,1-3H3. The van der Waals surface area contributed by atoms with Crippen LogP contribution in [0.1, 0.15) is 30.8 Å². The van der Waals surface area contributed by atoms with Gasteiger partial charge in [-0.05, 0) is 31.0 Å². The van der Waals surface area contributed by atoms with Crippen molar-refractivity contribution in [2.45, 2.75) is 46.0 Å². The van der Waals surface area contributed by atoms with Crippen molar-refractivity contribution in [3.63, 3.8) is 0 Å². The molecule has 0 aliphatic rings. The summed E-state index contributed by atoms with van der Waals surface area (Å²) in [6.45, 7) is 4.65. The number of aromatic nitrogens is 4. The maximum Gasteiger partial charge on any atom is 0.332 e. The Balaban J connectivity index is 2.16. The van der Waals surface area contributed by atoms with Gasteiger partial charge in [-0.2, -0.15) is 0 Å². The number of hydrogen-bond donors (Lipinski definition) is 1. The van der Waals surface area contributed by atoms with Crippen molar-refractivity contribution < 1.29 is 14.2 Å². The lowest BCUT2D eigenvalue weighted by Gasteiger charge is -2.15. The van der Waals surface area contributed by atoms with Crippen LogP contribution in [-0.2, 0) is 24.4 Å². The minimum atomic E-state index is -1.13. The molecule has 2 heterocycles. The van der Waals surface area contributed by atoms with Crippen molar-refractivity contribution in [2.24, 2.45) is 0 Å². The fourth-order valence-electron chi connectivity index (χ4n) is 3.40. The smallest absolute Gasteiger partial charge is 0.332 e. The van der Waals surface area contributed by atoms with Crippen LogP contribution in [0.4, 0.5) is 4.39 Å². The molecule has 1 N–H and O–H groups in total. The second-order valence-corrected chi connectivity index (χ2v) is 6.89. The zero-order valence-corrected chi connectivity index (χ0v) is 16.8. The van der Waals surface area contributed by atoms with E-state index in [4.69, 9.17) is 4.74 Å². The van der Waals surface area contributed by atoms with E-state index >= 15 is 0 Å². The first-order valence-electron chi connectivity index (χ1n) is 9.52. The second-order valence-electron chi connectivity index (χ2n) is 6.89. The van der Waals surface area contributed by atoms with Crippen molar-refractivity contribution in [1.29, 1.82) is 0 Å². The Labute approximate surface area is 166 Å². The molecule has 0 saturated heterocycles. The summed E-state index contributed by atoms with van der Waals surface area (Å²) in [7, 11) is 1.57. The van der Waals surface area contributed by atoms with Crippen molar-refractivity contribution >= 4 is 11.2 Å². The van der Waals surface area contributed by atoms with Crippen LogP contribution in [0.2, 0.25) is 0 Å². The van der Waals surface area contributed by atoms with Gasteiger partial charge in [-0.1, -0.05) is 19.1 Å². The first kappa shape index (κ1) is 20.9. The van der Waals surface area contributed by atoms with Crippen LogP contribution in [0, 0.1) is 12.7 Å². The lowest BCUT2D eigenvalue weighted by Crippen LogP contribution is -2.42. The summed E-state index contributed by atoms with van der Waals surface area (Å²) < 4.78 is 22.5. The third-order valence-electron chi connectivity index (χ3n) is 4.88. The number of hydrogen-bond acceptors (Lipinski definition) is 5. The van der Waals surface area contributed by atoms with Crippen molar-refractivity contribution in [1.82, 2.24) is 18.7 Å². The number of fused-ring (bicyclic) bond motifs is 1. The topological polar surface area (TPSA) is 91.3 Å². The van der Waals surface area contributed by atoms with Crippen LogP contribution in [0.25, 0.3) is 11.2 Å². The highest BCUT2D eigenvalue weighted by Crippen LogP contribution is 2.16. The molecule has 0 fully saturated rings. The number of rotatable bonds is 8. The molecular weight excluding hydrogens is 379 g/mol. The molecule has 8 nitrogen and oxygen atoms in total. The van der Waals surface area contributed by atoms with E-state index in [2.05, 4.69) is 4.98 Å². The van der Waals surface area contributed by atoms with Crippen LogP contribution >= 0.6 is 0 Å². The van der Waals surface area contributed by atoms with Crippen LogP contribution < -0.4 is 11.2 Å². The quantitative estimate of drug-likeness (QED) is 0.616. The van der Waals surface area contributed by atoms with E-state index in [9.17, 15) is 19.1 Å². The molecule has 3 aromatic rings. The number of aliphatic hydroxyl groups is 1. The summed E-state index contributed by atoms with van der Waals surface area (Å²) >= 11 is 0. The molecule has 156 valence electrons. The molecule has 0 radical (unpaired) electrons. The molecular formula is C20H25FN4O4. The SMILES string of the molecule is CCCn1c(=O)n(CC(O)c2ccc(F)cc2)c(=O)c2c1nc(C)n2CCOC. The van der Waals surface area contributed by atoms with E-state index in [1.807, 2.05) is 6.92 Å². The molecule has 0 aliphatic carbocycles. The van der Waals surface area contributed by atoms with E-state index in [1.165, 1.54) is 28.8 Å². The van der Waals surface area contributed by atoms with Gasteiger partial charge in [0.1, 0.15) is 11.6 Å². The van der Waals surface area contributed by atoms with E-state index in [-0.39, 0.29) is 6.54 Å². The predicted molar refractivity (Wildman–Crippen MR) is 107 cm³/mol. The molecule has 0 spiro atoms. The van der Waals surface area contributed by atoms with Gasteiger partial charge in [0.2, 0.25) is 0 Å². The molecule has 9 heteroatoms. The van der Waals surface area contributed by atoms with Crippen LogP contribution in [0.3, 0.4) is 0 Å². The van der Waals surface area contributed by atoms with Gasteiger partial charge < -0.3 is 14.4 Å². The number of imidazole rings is 1. The number of methoxy groups -OCH3 is 1. The molecule has 0 aliphatic heterocycles. The minimum Gasteiger partial charge on any atom is -0.387 e. The summed E-state index contributed by atoms with van der Waals surface area (Å²) in [5.74, 6) is 0.178. The van der Waals surface area contributed by atoms with Crippen molar-refractivity contribution in [3.05, 3.63) is 62.3 Å². The van der Waals surface area contributed by atoms with Gasteiger partial charge in [0.15, 0.2) is 11.2 Å². The molecule has 0 bridgehead atoms. The fourth-order valence-corrected chi connectivity index (χ4v) is 3.40. The molecule has 0 amide bonds. The highest BCUT2D eigenvalue weighted by molar-refractivity contribution is 5.71. The minimum absolute atomic E-state index is 0.239. The van der Waals surface area contributed by atoms with E-state index in [0.29, 0.717) is 48.7 Å². The van der Waals surface area contributed by atoms with Gasteiger partial charge >= 0.3 is 5.69 Å². The Kier molecular flexibility index (Phi) is 6.29. The largest absolute Gasteiger partial charge is 0.387 e. The third-order valence-corrected chi connectivity index (χ3v) is 4.88. The Morgan fingerprint density at radius 3 is 2.45 bits per heavy atom. The van der Waals surface area contributed by atoms with Gasteiger partial charge in [0, 0.05) is 20.2 Å². The second kappa shape index (κ2) is 8.71. The molecule has 1 atom stereocenters. The van der Waals surface area contributed by atoms with Crippen molar-refractivity contribution in [2.75, 3.05) is 13.7 Å². The maximum absolute atomic E-state index is 13.2. The van der Waals surface area contributed by atoms with Gasteiger partial charge in [-0.3, -0.25) is 13.9 Å². The summed E-state index contributed by atoms with van der Waals surface area (Å²) in [6.07, 6.45) is -0.456. The summed E-state index contributed by atoms with van der Waals surface area (Å²) in [5, 5.41) is 10.5. The molecule has 3 rings (SSSR count). The summed E-state index contributed by atoms with van der Waals surface area (Å²) in [6, 6.07) is 5.31. The molecule has 2 aromatic heterocycles. The molecule has 29 heavy (non-hydrogen) atoms. The van der Waals surface area contributed by atoms with Gasteiger partial charge in [0.25, 0.3) is 5.56 Å². The van der Waals surface area contributed by atoms with E-state index in [1.54, 1.807) is 18.6 Å². The van der Waals surface area contributed by atoms with Gasteiger partial charge in [-0.25, -0.2) is 14.2 Å². The zero-order valence-electron chi connectivity index (χ0n) is 16.8. The number of ether oxygens (including phenoxy) is 1. The lowest BCUT2D eigenvalue weighted by molar-refractivity contribution is 0.152. The van der Waals surface area contributed by atoms with Gasteiger partial charge in [0.05, 0.1) is 19.3 Å². The number of nitrogens with zero attached hydrogens (tertiary/aromatic N) is 4. The number of halogens is 1. The Morgan fingerprint density at radius 2 is 1.83 bits per heavy atom. The average Bonchev–Trinajstić information content (AvgIpc) is 3.03. The highest BCUT2D eigenvalue weighted by atomic mass is 19.1. The van der Waals surface area contributed by atoms with Crippen LogP contribution in [-0.4, -0.2) is 37.5 Å². The number of benzene rings is 1. The molecule has 1 unspecified atom stereocenters. The molecule has 1 aromatic carbocycles. The van der Waals surface area contributed by atoms with Crippen LogP contribution in [0.5, 0.6) is 0 Å². The van der Waals surface area contributed by atoms with E-state index in [0.717, 1.165) is 4.57 Å². The van der Waals surface area contributed by atoms with E-state index < -0.39 is 23.2 Å².